The van der Waals surface area contributed by atoms with Crippen LogP contribution in [-0.2, 0) is 0 Å². The molecule has 1 N–H and O–H groups in total. The van der Waals surface area contributed by atoms with Crippen LogP contribution in [0.5, 0.6) is 0 Å². The second-order valence-corrected chi connectivity index (χ2v) is 13.8. The molecule has 31 heavy (non-hydrogen) atoms. The van der Waals surface area contributed by atoms with Crippen LogP contribution in [0.4, 0.5) is 0 Å². The fraction of sp³-hybridized carbons (Fsp3) is 0.800. The first kappa shape index (κ1) is 22.0. The van der Waals surface area contributed by atoms with Gasteiger partial charge in [-0.25, -0.2) is 0 Å². The van der Waals surface area contributed by atoms with Crippen LogP contribution in [0.1, 0.15) is 99.8 Å². The second-order valence-electron chi connectivity index (χ2n) is 13.8. The molecule has 5 aliphatic rings. The summed E-state index contributed by atoms with van der Waals surface area (Å²) < 4.78 is 0. The Morgan fingerprint density at radius 2 is 1.68 bits per heavy atom. The van der Waals surface area contributed by atoms with Crippen molar-refractivity contribution in [3.63, 3.8) is 0 Å². The van der Waals surface area contributed by atoms with Crippen LogP contribution < -0.4 is 0 Å². The van der Waals surface area contributed by atoms with Crippen LogP contribution in [0, 0.1) is 44.8 Å². The van der Waals surface area contributed by atoms with E-state index in [9.17, 15) is 5.11 Å². The molecule has 0 aromatic rings. The SMILES string of the molecule is C=C1CC[C@]2(C)CC[C@]3(C)C(=CCC4[C@@]5(C)CC[C@@H](O)C(C)(C)C5=CC[C@]43C)[C@H]2[C@@H]1C. The minimum absolute atomic E-state index is 0.0972. The summed E-state index contributed by atoms with van der Waals surface area (Å²) in [6.45, 7) is 22.0. The van der Waals surface area contributed by atoms with Crippen molar-refractivity contribution in [2.75, 3.05) is 0 Å². The fourth-order valence-electron chi connectivity index (χ4n) is 9.82. The van der Waals surface area contributed by atoms with Gasteiger partial charge in [0, 0.05) is 5.41 Å². The van der Waals surface area contributed by atoms with E-state index in [1.807, 2.05) is 0 Å². The number of aliphatic hydroxyl groups excluding tert-OH is 1. The molecule has 0 radical (unpaired) electrons. The van der Waals surface area contributed by atoms with Crippen molar-refractivity contribution in [1.82, 2.24) is 0 Å². The first-order valence-corrected chi connectivity index (χ1v) is 13.1. The lowest BCUT2D eigenvalue weighted by molar-refractivity contribution is -0.111. The average Bonchev–Trinajstić information content (AvgIpc) is 2.69. The van der Waals surface area contributed by atoms with Gasteiger partial charge < -0.3 is 5.11 Å². The summed E-state index contributed by atoms with van der Waals surface area (Å²) >= 11 is 0. The molecule has 8 atom stereocenters. The third-order valence-electron chi connectivity index (χ3n) is 12.3. The van der Waals surface area contributed by atoms with Crippen molar-refractivity contribution < 1.29 is 5.11 Å². The van der Waals surface area contributed by atoms with Gasteiger partial charge in [0.05, 0.1) is 6.10 Å². The van der Waals surface area contributed by atoms with Crippen LogP contribution in [0.25, 0.3) is 0 Å². The standard InChI is InChI=1S/C30H46O/c1-19-11-14-27(5)17-18-29(7)21(25(27)20(19)2)9-10-23-28(6)15-13-24(31)26(3,4)22(28)12-16-30(23,29)8/h9,12,20,23-25,31H,1,10-11,13-18H2,2-8H3/t20-,23?,24-,25-,27-,28+,29-,30-/m1/s1. The maximum absolute atomic E-state index is 10.8. The predicted octanol–water partition coefficient (Wildman–Crippen LogP) is 7.87. The highest BCUT2D eigenvalue weighted by atomic mass is 16.3. The van der Waals surface area contributed by atoms with Crippen molar-refractivity contribution in [2.45, 2.75) is 106 Å². The molecule has 0 saturated heterocycles. The smallest absolute Gasteiger partial charge is 0.0628 e. The first-order valence-electron chi connectivity index (χ1n) is 13.1. The van der Waals surface area contributed by atoms with Gasteiger partial charge in [0.2, 0.25) is 0 Å². The van der Waals surface area contributed by atoms with Crippen molar-refractivity contribution in [3.05, 3.63) is 35.5 Å². The van der Waals surface area contributed by atoms with E-state index in [0.29, 0.717) is 28.6 Å². The third kappa shape index (κ3) is 2.54. The summed E-state index contributed by atoms with van der Waals surface area (Å²) in [7, 11) is 0. The Balaban J connectivity index is 1.62. The minimum Gasteiger partial charge on any atom is -0.392 e. The van der Waals surface area contributed by atoms with E-state index in [2.05, 4.69) is 67.2 Å². The molecule has 5 aliphatic carbocycles. The van der Waals surface area contributed by atoms with E-state index in [1.165, 1.54) is 44.1 Å². The molecular weight excluding hydrogens is 376 g/mol. The summed E-state index contributed by atoms with van der Waals surface area (Å²) in [5, 5.41) is 10.8. The fourth-order valence-corrected chi connectivity index (χ4v) is 9.82. The average molecular weight is 423 g/mol. The molecule has 0 spiro atoms. The number of aliphatic hydroxyl groups is 1. The molecule has 0 aromatic heterocycles. The van der Waals surface area contributed by atoms with E-state index < -0.39 is 0 Å². The van der Waals surface area contributed by atoms with Crippen molar-refractivity contribution >= 4 is 0 Å². The molecule has 1 heteroatoms. The van der Waals surface area contributed by atoms with E-state index in [-0.39, 0.29) is 22.3 Å². The Labute approximate surface area is 191 Å². The highest BCUT2D eigenvalue weighted by molar-refractivity contribution is 5.40. The molecule has 0 aliphatic heterocycles. The van der Waals surface area contributed by atoms with Crippen molar-refractivity contribution in [2.24, 2.45) is 44.8 Å². The topological polar surface area (TPSA) is 20.2 Å². The minimum atomic E-state index is -0.203. The van der Waals surface area contributed by atoms with Gasteiger partial charge in [0.25, 0.3) is 0 Å². The molecule has 0 aromatic carbocycles. The molecule has 0 heterocycles. The van der Waals surface area contributed by atoms with E-state index in [4.69, 9.17) is 0 Å². The van der Waals surface area contributed by atoms with Crippen LogP contribution >= 0.6 is 0 Å². The number of hydrogen-bond acceptors (Lipinski definition) is 1. The van der Waals surface area contributed by atoms with Gasteiger partial charge in [-0.2, -0.15) is 0 Å². The Morgan fingerprint density at radius 3 is 2.39 bits per heavy atom. The maximum atomic E-state index is 10.8. The van der Waals surface area contributed by atoms with E-state index >= 15 is 0 Å². The summed E-state index contributed by atoms with van der Waals surface area (Å²) in [4.78, 5) is 0. The lowest BCUT2D eigenvalue weighted by Gasteiger charge is -2.69. The summed E-state index contributed by atoms with van der Waals surface area (Å²) in [6, 6.07) is 0. The molecule has 172 valence electrons. The molecule has 3 fully saturated rings. The lowest BCUT2D eigenvalue weighted by atomic mass is 9.35. The number of rotatable bonds is 0. The molecule has 1 unspecified atom stereocenters. The summed E-state index contributed by atoms with van der Waals surface area (Å²) in [6.07, 6.45) is 14.8. The Kier molecular flexibility index (Phi) is 4.54. The Bertz CT molecular complexity index is 875. The third-order valence-corrected chi connectivity index (χ3v) is 12.3. The van der Waals surface area contributed by atoms with Gasteiger partial charge in [-0.3, -0.25) is 0 Å². The Hall–Kier alpha value is -0.820. The summed E-state index contributed by atoms with van der Waals surface area (Å²) in [5.41, 5.74) is 5.98. The molecule has 3 saturated carbocycles. The second kappa shape index (κ2) is 6.40. The van der Waals surface area contributed by atoms with E-state index in [0.717, 1.165) is 12.8 Å². The van der Waals surface area contributed by atoms with E-state index in [1.54, 1.807) is 11.1 Å². The normalized spacial score (nSPS) is 53.4. The lowest BCUT2D eigenvalue weighted by Crippen LogP contribution is -2.61. The van der Waals surface area contributed by atoms with Crippen LogP contribution in [0.15, 0.2) is 35.5 Å². The number of fused-ring (bicyclic) bond motifs is 7. The molecule has 0 bridgehead atoms. The molecule has 5 rings (SSSR count). The van der Waals surface area contributed by atoms with Crippen LogP contribution in [0.2, 0.25) is 0 Å². The van der Waals surface area contributed by atoms with Gasteiger partial charge in [-0.05, 0) is 90.8 Å². The Morgan fingerprint density at radius 1 is 0.968 bits per heavy atom. The zero-order valence-corrected chi connectivity index (χ0v) is 21.3. The van der Waals surface area contributed by atoms with Gasteiger partial charge in [-0.15, -0.1) is 0 Å². The molecule has 0 amide bonds. The molecule has 1 nitrogen and oxygen atoms in total. The van der Waals surface area contributed by atoms with Crippen LogP contribution in [-0.4, -0.2) is 11.2 Å². The monoisotopic (exact) mass is 422 g/mol. The zero-order valence-electron chi connectivity index (χ0n) is 21.3. The number of allylic oxidation sites excluding steroid dienone is 4. The van der Waals surface area contributed by atoms with Gasteiger partial charge in [0.1, 0.15) is 0 Å². The van der Waals surface area contributed by atoms with Crippen LogP contribution in [0.3, 0.4) is 0 Å². The quantitative estimate of drug-likeness (QED) is 0.394. The summed E-state index contributed by atoms with van der Waals surface area (Å²) in [5.74, 6) is 1.96. The van der Waals surface area contributed by atoms with Gasteiger partial charge in [-0.1, -0.05) is 83.9 Å². The first-order chi connectivity index (χ1) is 14.3. The van der Waals surface area contributed by atoms with Gasteiger partial charge >= 0.3 is 0 Å². The largest absolute Gasteiger partial charge is 0.392 e. The van der Waals surface area contributed by atoms with Gasteiger partial charge in [0.15, 0.2) is 0 Å². The zero-order chi connectivity index (χ0) is 22.6. The number of hydrogen-bond donors (Lipinski definition) is 1. The van der Waals surface area contributed by atoms with Crippen molar-refractivity contribution in [1.29, 1.82) is 0 Å². The highest BCUT2D eigenvalue weighted by Gasteiger charge is 2.66. The predicted molar refractivity (Wildman–Crippen MR) is 131 cm³/mol. The van der Waals surface area contributed by atoms with Crippen molar-refractivity contribution in [3.8, 4) is 0 Å². The molecular formula is C30H46O. The maximum Gasteiger partial charge on any atom is 0.0628 e. The highest BCUT2D eigenvalue weighted by Crippen LogP contribution is 2.74.